The second-order valence-corrected chi connectivity index (χ2v) is 7.40. The van der Waals surface area contributed by atoms with E-state index >= 15 is 0 Å². The van der Waals surface area contributed by atoms with Crippen LogP contribution in [0.15, 0.2) is 41.2 Å². The van der Waals surface area contributed by atoms with Gasteiger partial charge in [-0.15, -0.1) is 0 Å². The first-order valence-electron chi connectivity index (χ1n) is 9.51. The van der Waals surface area contributed by atoms with Crippen LogP contribution < -0.4 is 20.9 Å². The average Bonchev–Trinajstić information content (AvgIpc) is 2.69. The topological polar surface area (TPSA) is 72.4 Å². The Kier molecular flexibility index (Phi) is 4.99. The van der Waals surface area contributed by atoms with Crippen LogP contribution in [0.3, 0.4) is 0 Å². The summed E-state index contributed by atoms with van der Waals surface area (Å²) in [5, 5.41) is 6.31. The van der Waals surface area contributed by atoms with Gasteiger partial charge in [0, 0.05) is 31.2 Å². The van der Waals surface area contributed by atoms with Gasteiger partial charge >= 0.3 is 0 Å². The molecule has 0 spiro atoms. The zero-order chi connectivity index (χ0) is 18.8. The van der Waals surface area contributed by atoms with Gasteiger partial charge in [-0.2, -0.15) is 0 Å². The number of amides is 1. The number of fused-ring (bicyclic) bond motifs is 4. The highest BCUT2D eigenvalue weighted by Crippen LogP contribution is 2.31. The number of ether oxygens (including phenoxy) is 1. The third-order valence-corrected chi connectivity index (χ3v) is 5.59. The number of aromatic nitrogens is 1. The van der Waals surface area contributed by atoms with Gasteiger partial charge in [-0.1, -0.05) is 12.1 Å². The molecule has 2 aliphatic heterocycles. The highest BCUT2D eigenvalue weighted by atomic mass is 16.5. The summed E-state index contributed by atoms with van der Waals surface area (Å²) in [6.07, 6.45) is 1.81. The van der Waals surface area contributed by atoms with Gasteiger partial charge in [-0.25, -0.2) is 0 Å². The second kappa shape index (κ2) is 7.56. The van der Waals surface area contributed by atoms with Crippen LogP contribution in [0, 0.1) is 5.92 Å². The van der Waals surface area contributed by atoms with Gasteiger partial charge in [0.15, 0.2) is 0 Å². The first-order valence-corrected chi connectivity index (χ1v) is 9.51. The number of hydrogen-bond donors (Lipinski definition) is 2. The van der Waals surface area contributed by atoms with E-state index in [1.165, 1.54) is 0 Å². The van der Waals surface area contributed by atoms with Crippen molar-refractivity contribution in [3.05, 3.63) is 63.6 Å². The number of pyridine rings is 1. The van der Waals surface area contributed by atoms with Crippen LogP contribution >= 0.6 is 0 Å². The van der Waals surface area contributed by atoms with Gasteiger partial charge in [-0.3, -0.25) is 9.59 Å². The largest absolute Gasteiger partial charge is 0.497 e. The number of nitrogens with zero attached hydrogens (tertiary/aromatic N) is 1. The van der Waals surface area contributed by atoms with E-state index in [9.17, 15) is 9.59 Å². The summed E-state index contributed by atoms with van der Waals surface area (Å²) in [7, 11) is 1.63. The molecule has 0 unspecified atom stereocenters. The van der Waals surface area contributed by atoms with E-state index in [2.05, 4.69) is 10.6 Å². The fourth-order valence-electron chi connectivity index (χ4n) is 4.21. The Bertz CT molecular complexity index is 906. The highest BCUT2D eigenvalue weighted by molar-refractivity contribution is 5.93. The van der Waals surface area contributed by atoms with Crippen molar-refractivity contribution in [3.63, 3.8) is 0 Å². The number of methoxy groups -OCH3 is 1. The van der Waals surface area contributed by atoms with Crippen LogP contribution in [0.25, 0.3) is 0 Å². The molecule has 0 radical (unpaired) electrons. The maximum absolute atomic E-state index is 12.9. The first kappa shape index (κ1) is 17.8. The van der Waals surface area contributed by atoms with Gasteiger partial charge in [0.05, 0.1) is 7.11 Å². The van der Waals surface area contributed by atoms with Crippen molar-refractivity contribution in [2.24, 2.45) is 5.92 Å². The van der Waals surface area contributed by atoms with Crippen molar-refractivity contribution in [3.8, 4) is 5.75 Å². The van der Waals surface area contributed by atoms with Crippen LogP contribution in [0.2, 0.25) is 0 Å². The SMILES string of the molecule is COc1cccc(CCNC(=O)c2ccc3n(c2=O)C[C@@H]2CNC[C@H]3C2)c1. The zero-order valence-electron chi connectivity index (χ0n) is 15.5. The number of piperidine rings is 1. The highest BCUT2D eigenvalue weighted by Gasteiger charge is 2.31. The minimum absolute atomic E-state index is 0.164. The number of hydrogen-bond acceptors (Lipinski definition) is 4. The summed E-state index contributed by atoms with van der Waals surface area (Å²) in [5.41, 5.74) is 2.20. The number of carbonyl (C=O) groups excluding carboxylic acids is 1. The van der Waals surface area contributed by atoms with Gasteiger partial charge < -0.3 is 19.9 Å². The number of rotatable bonds is 5. The molecule has 1 saturated heterocycles. The summed E-state index contributed by atoms with van der Waals surface area (Å²) in [6.45, 7) is 3.02. The van der Waals surface area contributed by atoms with Gasteiger partial charge in [0.25, 0.3) is 11.5 Å². The lowest BCUT2D eigenvalue weighted by Crippen LogP contribution is -2.46. The third kappa shape index (κ3) is 3.62. The Morgan fingerprint density at radius 3 is 3.04 bits per heavy atom. The van der Waals surface area contributed by atoms with Crippen molar-refractivity contribution in [1.29, 1.82) is 0 Å². The van der Waals surface area contributed by atoms with Crippen LogP contribution in [0.4, 0.5) is 0 Å². The minimum Gasteiger partial charge on any atom is -0.497 e. The molecular formula is C21H25N3O3. The van der Waals surface area contributed by atoms with Crippen LogP contribution in [-0.2, 0) is 13.0 Å². The van der Waals surface area contributed by atoms with E-state index in [0.29, 0.717) is 31.3 Å². The fraction of sp³-hybridized carbons (Fsp3) is 0.429. The maximum Gasteiger partial charge on any atom is 0.263 e. The van der Waals surface area contributed by atoms with Crippen molar-refractivity contribution in [2.75, 3.05) is 26.7 Å². The van der Waals surface area contributed by atoms with E-state index in [1.54, 1.807) is 13.2 Å². The molecule has 27 heavy (non-hydrogen) atoms. The Balaban J connectivity index is 1.45. The predicted molar refractivity (Wildman–Crippen MR) is 103 cm³/mol. The fourth-order valence-corrected chi connectivity index (χ4v) is 4.21. The molecule has 2 aromatic rings. The molecule has 3 heterocycles. The molecule has 1 amide bonds. The normalized spacial score (nSPS) is 20.6. The third-order valence-electron chi connectivity index (χ3n) is 5.59. The van der Waals surface area contributed by atoms with E-state index in [-0.39, 0.29) is 17.0 Å². The van der Waals surface area contributed by atoms with Crippen LogP contribution in [0.1, 0.15) is 34.0 Å². The lowest BCUT2D eigenvalue weighted by atomic mass is 9.84. The standard InChI is InChI=1S/C21H25N3O3/c1-27-17-4-2-3-14(10-17)7-8-23-20(25)18-5-6-19-16-9-15(11-22-12-16)13-24(19)21(18)26/h2-6,10,15-16,22H,7-9,11-13H2,1H3,(H,23,25)/t15-,16+/m0/s1. The summed E-state index contributed by atoms with van der Waals surface area (Å²) in [5.74, 6) is 1.34. The lowest BCUT2D eigenvalue weighted by molar-refractivity contribution is 0.0951. The summed E-state index contributed by atoms with van der Waals surface area (Å²) in [4.78, 5) is 25.4. The number of nitrogens with one attached hydrogen (secondary N) is 2. The molecule has 0 aliphatic carbocycles. The quantitative estimate of drug-likeness (QED) is 0.841. The summed E-state index contributed by atoms with van der Waals surface area (Å²) >= 11 is 0. The van der Waals surface area contributed by atoms with Gasteiger partial charge in [0.2, 0.25) is 0 Å². The van der Waals surface area contributed by atoms with Crippen LogP contribution in [0.5, 0.6) is 5.75 Å². The van der Waals surface area contributed by atoms with E-state index in [0.717, 1.165) is 36.5 Å². The second-order valence-electron chi connectivity index (χ2n) is 7.40. The van der Waals surface area contributed by atoms with Gasteiger partial charge in [0.1, 0.15) is 11.3 Å². The predicted octanol–water partition coefficient (Wildman–Crippen LogP) is 1.54. The maximum atomic E-state index is 12.9. The van der Waals surface area contributed by atoms with E-state index in [1.807, 2.05) is 34.9 Å². The molecule has 142 valence electrons. The Labute approximate surface area is 158 Å². The van der Waals surface area contributed by atoms with Crippen molar-refractivity contribution < 1.29 is 9.53 Å². The van der Waals surface area contributed by atoms with Crippen LogP contribution in [-0.4, -0.2) is 37.2 Å². The molecule has 6 nitrogen and oxygen atoms in total. The molecule has 1 fully saturated rings. The lowest BCUT2D eigenvalue weighted by Gasteiger charge is -2.37. The Morgan fingerprint density at radius 1 is 1.30 bits per heavy atom. The zero-order valence-corrected chi connectivity index (χ0v) is 15.5. The van der Waals surface area contributed by atoms with Gasteiger partial charge in [-0.05, 0) is 55.1 Å². The molecule has 6 heteroatoms. The van der Waals surface area contributed by atoms with Crippen molar-refractivity contribution in [2.45, 2.75) is 25.3 Å². The molecule has 0 saturated carbocycles. The smallest absolute Gasteiger partial charge is 0.263 e. The average molecular weight is 367 g/mol. The van der Waals surface area contributed by atoms with E-state index < -0.39 is 0 Å². The Hall–Kier alpha value is -2.60. The number of benzene rings is 1. The molecule has 2 atom stereocenters. The van der Waals surface area contributed by atoms with Crippen molar-refractivity contribution in [1.82, 2.24) is 15.2 Å². The van der Waals surface area contributed by atoms with Crippen molar-refractivity contribution >= 4 is 5.91 Å². The summed E-state index contributed by atoms with van der Waals surface area (Å²) in [6, 6.07) is 11.4. The molecule has 4 rings (SSSR count). The first-order chi connectivity index (χ1) is 13.2. The molecule has 1 aromatic carbocycles. The monoisotopic (exact) mass is 367 g/mol. The number of carbonyl (C=O) groups is 1. The minimum atomic E-state index is -0.299. The van der Waals surface area contributed by atoms with E-state index in [4.69, 9.17) is 4.74 Å². The molecule has 1 aromatic heterocycles. The molecule has 2 N–H and O–H groups in total. The molecule has 2 aliphatic rings. The Morgan fingerprint density at radius 2 is 2.19 bits per heavy atom. The summed E-state index contributed by atoms with van der Waals surface area (Å²) < 4.78 is 7.03. The molecule has 2 bridgehead atoms. The molecular weight excluding hydrogens is 342 g/mol.